The number of nitrogens with zero attached hydrogens (tertiary/aromatic N) is 1. The molecule has 5 nitrogen and oxygen atoms in total. The Morgan fingerprint density at radius 1 is 1.21 bits per heavy atom. The van der Waals surface area contributed by atoms with Crippen molar-refractivity contribution >= 4 is 17.7 Å². The molecule has 0 unspecified atom stereocenters. The van der Waals surface area contributed by atoms with E-state index >= 15 is 0 Å². The van der Waals surface area contributed by atoms with E-state index in [1.807, 2.05) is 6.08 Å². The molecule has 1 N–H and O–H groups in total. The van der Waals surface area contributed by atoms with Crippen molar-refractivity contribution in [3.63, 3.8) is 0 Å². The molecule has 2 aliphatic rings. The number of hydrogen-bond acceptors (Lipinski definition) is 3. The second kappa shape index (κ2) is 5.74. The van der Waals surface area contributed by atoms with E-state index in [2.05, 4.69) is 29.8 Å². The third kappa shape index (κ3) is 2.77. The summed E-state index contributed by atoms with van der Waals surface area (Å²) < 4.78 is 12.9. The molecule has 1 fully saturated rings. The van der Waals surface area contributed by atoms with Crippen molar-refractivity contribution in [3.05, 3.63) is 47.3 Å². The average Bonchev–Trinajstić information content (AvgIpc) is 3.19. The van der Waals surface area contributed by atoms with Gasteiger partial charge < -0.3 is 19.4 Å². The number of nitrogens with one attached hydrogen (secondary N) is 1. The molecule has 1 aliphatic carbocycles. The summed E-state index contributed by atoms with van der Waals surface area (Å²) in [5.74, 6) is 1.20. The van der Waals surface area contributed by atoms with Gasteiger partial charge in [-0.15, -0.1) is 0 Å². The molecule has 2 aromatic rings. The first kappa shape index (κ1) is 14.9. The average molecular weight is 324 g/mol. The molecule has 0 saturated heterocycles. The summed E-state index contributed by atoms with van der Waals surface area (Å²) in [5.41, 5.74) is 4.27. The lowest BCUT2D eigenvalue weighted by Gasteiger charge is -2.06. The van der Waals surface area contributed by atoms with Gasteiger partial charge in [0.25, 0.3) is 0 Å². The van der Waals surface area contributed by atoms with Crippen LogP contribution in [0.25, 0.3) is 6.08 Å². The van der Waals surface area contributed by atoms with Gasteiger partial charge in [0.05, 0.1) is 0 Å². The van der Waals surface area contributed by atoms with E-state index in [-0.39, 0.29) is 12.7 Å². The number of hydrogen-bond donors (Lipinski definition) is 1. The summed E-state index contributed by atoms with van der Waals surface area (Å²) in [6.45, 7) is 4.46. The molecule has 0 bridgehead atoms. The van der Waals surface area contributed by atoms with E-state index in [9.17, 15) is 4.79 Å². The Hall–Kier alpha value is -2.69. The Morgan fingerprint density at radius 3 is 2.79 bits per heavy atom. The van der Waals surface area contributed by atoms with Gasteiger partial charge >= 0.3 is 0 Å². The number of aryl methyl sites for hydroxylation is 1. The second-order valence-corrected chi connectivity index (χ2v) is 6.32. The van der Waals surface area contributed by atoms with Crippen LogP contribution in [0.4, 0.5) is 5.69 Å². The maximum absolute atomic E-state index is 12.2. The Morgan fingerprint density at radius 2 is 2.00 bits per heavy atom. The predicted octanol–water partition coefficient (Wildman–Crippen LogP) is 3.82. The fourth-order valence-corrected chi connectivity index (χ4v) is 3.19. The van der Waals surface area contributed by atoms with Gasteiger partial charge in [-0.05, 0) is 56.5 Å². The molecule has 4 rings (SSSR count). The van der Waals surface area contributed by atoms with E-state index in [1.165, 1.54) is 24.2 Å². The van der Waals surface area contributed by atoms with Crippen LogP contribution >= 0.6 is 0 Å². The molecule has 2 heterocycles. The molecule has 1 aliphatic heterocycles. The third-order valence-electron chi connectivity index (χ3n) is 4.49. The van der Waals surface area contributed by atoms with Gasteiger partial charge in [-0.1, -0.05) is 0 Å². The summed E-state index contributed by atoms with van der Waals surface area (Å²) in [7, 11) is 0. The standard InChI is InChI=1S/C19H20N2O3/c1-12-9-14(13(2)21(12)16-5-6-16)3-8-19(22)20-15-4-7-17-18(10-15)24-11-23-17/h3-4,7-10,16H,5-6,11H2,1-2H3,(H,20,22)/b8-3+. The van der Waals surface area contributed by atoms with Crippen LogP contribution in [0.15, 0.2) is 30.3 Å². The summed E-state index contributed by atoms with van der Waals surface area (Å²) >= 11 is 0. The highest BCUT2D eigenvalue weighted by Crippen LogP contribution is 2.38. The molecule has 1 amide bonds. The molecule has 124 valence electrons. The first-order valence-corrected chi connectivity index (χ1v) is 8.19. The zero-order valence-electron chi connectivity index (χ0n) is 13.8. The molecular formula is C19H20N2O3. The van der Waals surface area contributed by atoms with E-state index in [4.69, 9.17) is 9.47 Å². The van der Waals surface area contributed by atoms with Gasteiger partial charge in [0.1, 0.15) is 0 Å². The van der Waals surface area contributed by atoms with Crippen molar-refractivity contribution in [2.24, 2.45) is 0 Å². The summed E-state index contributed by atoms with van der Waals surface area (Å²) in [5, 5.41) is 2.85. The van der Waals surface area contributed by atoms with Crippen molar-refractivity contribution in [1.29, 1.82) is 0 Å². The zero-order valence-corrected chi connectivity index (χ0v) is 13.8. The van der Waals surface area contributed by atoms with Crippen LogP contribution in [0.2, 0.25) is 0 Å². The van der Waals surface area contributed by atoms with Crippen LogP contribution < -0.4 is 14.8 Å². The van der Waals surface area contributed by atoms with E-state index in [0.717, 1.165) is 5.56 Å². The topological polar surface area (TPSA) is 52.5 Å². The minimum absolute atomic E-state index is 0.162. The van der Waals surface area contributed by atoms with Crippen LogP contribution in [0.3, 0.4) is 0 Å². The van der Waals surface area contributed by atoms with E-state index < -0.39 is 0 Å². The number of benzene rings is 1. The highest BCUT2D eigenvalue weighted by atomic mass is 16.7. The first-order chi connectivity index (χ1) is 11.6. The van der Waals surface area contributed by atoms with Crippen LogP contribution in [-0.4, -0.2) is 17.3 Å². The Balaban J connectivity index is 1.46. The fourth-order valence-electron chi connectivity index (χ4n) is 3.19. The number of carbonyl (C=O) groups excluding carboxylic acids is 1. The molecule has 1 aromatic heterocycles. The molecule has 1 aromatic carbocycles. The van der Waals surface area contributed by atoms with Crippen LogP contribution in [0.1, 0.15) is 35.8 Å². The lowest BCUT2D eigenvalue weighted by molar-refractivity contribution is -0.111. The number of amides is 1. The molecule has 24 heavy (non-hydrogen) atoms. The maximum Gasteiger partial charge on any atom is 0.248 e. The second-order valence-electron chi connectivity index (χ2n) is 6.32. The summed E-state index contributed by atoms with van der Waals surface area (Å²) in [6, 6.07) is 8.16. The maximum atomic E-state index is 12.2. The lowest BCUT2D eigenvalue weighted by atomic mass is 10.2. The number of rotatable bonds is 4. The highest BCUT2D eigenvalue weighted by Gasteiger charge is 2.26. The van der Waals surface area contributed by atoms with Crippen LogP contribution in [-0.2, 0) is 4.79 Å². The Kier molecular flexibility index (Phi) is 3.56. The molecule has 1 saturated carbocycles. The normalized spacial score (nSPS) is 15.9. The highest BCUT2D eigenvalue weighted by molar-refractivity contribution is 6.02. The molecule has 0 spiro atoms. The Labute approximate surface area is 140 Å². The van der Waals surface area contributed by atoms with E-state index in [1.54, 1.807) is 24.3 Å². The van der Waals surface area contributed by atoms with Crippen LogP contribution in [0, 0.1) is 13.8 Å². The van der Waals surface area contributed by atoms with Gasteiger partial charge in [0, 0.05) is 35.3 Å². The van der Waals surface area contributed by atoms with Crippen molar-refractivity contribution in [2.45, 2.75) is 32.7 Å². The number of fused-ring (bicyclic) bond motifs is 1. The van der Waals surface area contributed by atoms with Crippen molar-refractivity contribution < 1.29 is 14.3 Å². The van der Waals surface area contributed by atoms with Gasteiger partial charge in [-0.2, -0.15) is 0 Å². The number of aromatic nitrogens is 1. The summed E-state index contributed by atoms with van der Waals surface area (Å²) in [4.78, 5) is 12.2. The Bertz CT molecular complexity index is 831. The number of anilines is 1. The third-order valence-corrected chi connectivity index (χ3v) is 4.49. The quantitative estimate of drug-likeness (QED) is 0.870. The largest absolute Gasteiger partial charge is 0.454 e. The van der Waals surface area contributed by atoms with E-state index in [0.29, 0.717) is 23.2 Å². The number of ether oxygens (including phenoxy) is 2. The van der Waals surface area contributed by atoms with Gasteiger partial charge in [0.15, 0.2) is 11.5 Å². The lowest BCUT2D eigenvalue weighted by Crippen LogP contribution is -2.07. The smallest absolute Gasteiger partial charge is 0.248 e. The minimum atomic E-state index is -0.162. The predicted molar refractivity (Wildman–Crippen MR) is 92.4 cm³/mol. The fraction of sp³-hybridized carbons (Fsp3) is 0.316. The number of carbonyl (C=O) groups is 1. The molecule has 0 radical (unpaired) electrons. The molecule has 5 heteroatoms. The van der Waals surface area contributed by atoms with Crippen LogP contribution in [0.5, 0.6) is 11.5 Å². The summed E-state index contributed by atoms with van der Waals surface area (Å²) in [6.07, 6.45) is 5.96. The first-order valence-electron chi connectivity index (χ1n) is 8.19. The van der Waals surface area contributed by atoms with Gasteiger partial charge in [-0.25, -0.2) is 0 Å². The zero-order chi connectivity index (χ0) is 16.7. The van der Waals surface area contributed by atoms with Crippen molar-refractivity contribution in [1.82, 2.24) is 4.57 Å². The van der Waals surface area contributed by atoms with Gasteiger partial charge in [0.2, 0.25) is 12.7 Å². The van der Waals surface area contributed by atoms with Gasteiger partial charge in [-0.3, -0.25) is 4.79 Å². The van der Waals surface area contributed by atoms with Crippen molar-refractivity contribution in [2.75, 3.05) is 12.1 Å². The molecular weight excluding hydrogens is 304 g/mol. The minimum Gasteiger partial charge on any atom is -0.454 e. The monoisotopic (exact) mass is 324 g/mol. The SMILES string of the molecule is Cc1cc(/C=C/C(=O)Nc2ccc3c(c2)OCO3)c(C)n1C1CC1. The van der Waals surface area contributed by atoms with Crippen molar-refractivity contribution in [3.8, 4) is 11.5 Å². The molecule has 0 atom stereocenters.